The van der Waals surface area contributed by atoms with E-state index in [2.05, 4.69) is 34.9 Å². The van der Waals surface area contributed by atoms with E-state index in [1.165, 1.54) is 12.1 Å². The van der Waals surface area contributed by atoms with Gasteiger partial charge in [-0.05, 0) is 59.4 Å². The number of carboxylic acid groups (broad SMARTS) is 1. The number of alkyl carbamates (subject to hydrolysis) is 1. The average molecular weight is 473 g/mol. The van der Waals surface area contributed by atoms with Crippen LogP contribution in [0.2, 0.25) is 0 Å². The highest BCUT2D eigenvalue weighted by atomic mass is 16.5. The zero-order valence-corrected chi connectivity index (χ0v) is 19.7. The average Bonchev–Trinajstić information content (AvgIpc) is 3.18. The van der Waals surface area contributed by atoms with Gasteiger partial charge in [0.25, 0.3) is 0 Å². The number of benzene rings is 3. The van der Waals surface area contributed by atoms with Crippen LogP contribution in [0.25, 0.3) is 11.1 Å². The summed E-state index contributed by atoms with van der Waals surface area (Å²) in [6.45, 7) is 3.94. The number of hydrogen-bond donors (Lipinski definition) is 3. The Kier molecular flexibility index (Phi) is 7.15. The van der Waals surface area contributed by atoms with Crippen LogP contribution in [0.15, 0.2) is 66.7 Å². The Bertz CT molecular complexity index is 1220. The summed E-state index contributed by atoms with van der Waals surface area (Å²) in [7, 11) is 0. The van der Waals surface area contributed by atoms with Crippen LogP contribution < -0.4 is 10.6 Å². The minimum Gasteiger partial charge on any atom is -0.478 e. The molecule has 2 amide bonds. The fourth-order valence-corrected chi connectivity index (χ4v) is 4.45. The predicted octanol–water partition coefficient (Wildman–Crippen LogP) is 5.20. The van der Waals surface area contributed by atoms with Crippen molar-refractivity contribution in [1.82, 2.24) is 5.32 Å². The van der Waals surface area contributed by atoms with E-state index in [0.29, 0.717) is 17.7 Å². The molecule has 1 atom stereocenters. The van der Waals surface area contributed by atoms with Gasteiger partial charge in [0.05, 0.1) is 11.5 Å². The molecule has 3 N–H and O–H groups in total. The number of carbonyl (C=O) groups is 3. The quantitative estimate of drug-likeness (QED) is 0.418. The Hall–Kier alpha value is -4.13. The van der Waals surface area contributed by atoms with Crippen molar-refractivity contribution in [2.75, 3.05) is 18.5 Å². The summed E-state index contributed by atoms with van der Waals surface area (Å²) < 4.78 is 5.55. The molecule has 1 unspecified atom stereocenters. The van der Waals surface area contributed by atoms with Gasteiger partial charge >= 0.3 is 12.1 Å². The summed E-state index contributed by atoms with van der Waals surface area (Å²) in [4.78, 5) is 36.3. The molecule has 0 aromatic heterocycles. The summed E-state index contributed by atoms with van der Waals surface area (Å²) in [6, 6.07) is 20.8. The maximum absolute atomic E-state index is 12.7. The van der Waals surface area contributed by atoms with Gasteiger partial charge in [0.1, 0.15) is 6.61 Å². The third kappa shape index (κ3) is 5.19. The first-order chi connectivity index (χ1) is 16.9. The molecule has 3 aromatic rings. The molecule has 4 rings (SSSR count). The van der Waals surface area contributed by atoms with E-state index in [9.17, 15) is 14.4 Å². The normalized spacial score (nSPS) is 12.9. The van der Waals surface area contributed by atoms with Crippen LogP contribution in [0.4, 0.5) is 10.5 Å². The van der Waals surface area contributed by atoms with Crippen LogP contribution in [0, 0.1) is 12.8 Å². The summed E-state index contributed by atoms with van der Waals surface area (Å²) in [5.74, 6) is -1.77. The van der Waals surface area contributed by atoms with Gasteiger partial charge in [-0.25, -0.2) is 9.59 Å². The van der Waals surface area contributed by atoms with Gasteiger partial charge in [0.15, 0.2) is 0 Å². The van der Waals surface area contributed by atoms with Crippen LogP contribution in [-0.2, 0) is 9.53 Å². The second-order valence-corrected chi connectivity index (χ2v) is 8.64. The van der Waals surface area contributed by atoms with Crippen LogP contribution in [0.3, 0.4) is 0 Å². The lowest BCUT2D eigenvalue weighted by molar-refractivity contribution is -0.119. The zero-order chi connectivity index (χ0) is 24.9. The first-order valence-electron chi connectivity index (χ1n) is 11.6. The van der Waals surface area contributed by atoms with Crippen molar-refractivity contribution in [1.29, 1.82) is 0 Å². The summed E-state index contributed by atoms with van der Waals surface area (Å²) in [5, 5.41) is 14.6. The van der Waals surface area contributed by atoms with Gasteiger partial charge in [0.2, 0.25) is 5.91 Å². The number of hydrogen-bond acceptors (Lipinski definition) is 4. The molecule has 0 saturated carbocycles. The fourth-order valence-electron chi connectivity index (χ4n) is 4.45. The van der Waals surface area contributed by atoms with Crippen molar-refractivity contribution in [3.63, 3.8) is 0 Å². The zero-order valence-electron chi connectivity index (χ0n) is 19.7. The maximum atomic E-state index is 12.7. The topological polar surface area (TPSA) is 105 Å². The lowest BCUT2D eigenvalue weighted by atomic mass is 9.98. The highest BCUT2D eigenvalue weighted by molar-refractivity contribution is 5.95. The van der Waals surface area contributed by atoms with E-state index in [-0.39, 0.29) is 30.5 Å². The van der Waals surface area contributed by atoms with Gasteiger partial charge in [0, 0.05) is 18.2 Å². The number of amides is 2. The van der Waals surface area contributed by atoms with Crippen LogP contribution in [0.5, 0.6) is 0 Å². The molecule has 7 nitrogen and oxygen atoms in total. The molecular formula is C28H28N2O5. The second kappa shape index (κ2) is 10.4. The summed E-state index contributed by atoms with van der Waals surface area (Å²) in [6.07, 6.45) is -0.0537. The van der Waals surface area contributed by atoms with Crippen molar-refractivity contribution < 1.29 is 24.2 Å². The van der Waals surface area contributed by atoms with Gasteiger partial charge in [-0.3, -0.25) is 4.79 Å². The number of fused-ring (bicyclic) bond motifs is 3. The van der Waals surface area contributed by atoms with Crippen LogP contribution in [-0.4, -0.2) is 36.2 Å². The number of aryl methyl sites for hydroxylation is 1. The second-order valence-electron chi connectivity index (χ2n) is 8.64. The van der Waals surface area contributed by atoms with E-state index in [1.54, 1.807) is 13.0 Å². The van der Waals surface area contributed by atoms with Gasteiger partial charge in [-0.15, -0.1) is 0 Å². The smallest absolute Gasteiger partial charge is 0.407 e. The molecular weight excluding hydrogens is 444 g/mol. The molecule has 0 aliphatic heterocycles. The minimum absolute atomic E-state index is 0.0323. The van der Waals surface area contributed by atoms with Gasteiger partial charge < -0.3 is 20.5 Å². The lowest BCUT2D eigenvalue weighted by Crippen LogP contribution is -2.36. The van der Waals surface area contributed by atoms with Crippen LogP contribution in [0.1, 0.15) is 46.3 Å². The van der Waals surface area contributed by atoms with E-state index >= 15 is 0 Å². The first-order valence-corrected chi connectivity index (χ1v) is 11.6. The van der Waals surface area contributed by atoms with Crippen molar-refractivity contribution in [3.8, 4) is 11.1 Å². The molecule has 0 fully saturated rings. The van der Waals surface area contributed by atoms with E-state index in [4.69, 9.17) is 9.84 Å². The number of aromatic carboxylic acids is 1. The lowest BCUT2D eigenvalue weighted by Gasteiger charge is -2.18. The monoisotopic (exact) mass is 472 g/mol. The Balaban J connectivity index is 1.33. The molecule has 180 valence electrons. The highest BCUT2D eigenvalue weighted by Gasteiger charge is 2.29. The number of anilines is 1. The minimum atomic E-state index is -1.02. The van der Waals surface area contributed by atoms with Crippen molar-refractivity contribution >= 4 is 23.7 Å². The molecule has 1 aliphatic rings. The number of nitrogens with one attached hydrogen (secondary N) is 2. The molecule has 3 aromatic carbocycles. The Morgan fingerprint density at radius 2 is 1.60 bits per heavy atom. The standard InChI is InChI=1S/C28H28N2O5/c1-3-18(26(31)30-25-13-12-19(27(32)33)14-17(25)2)15-29-28(34)35-16-24-22-10-6-4-8-20(22)21-9-5-7-11-23(21)24/h4-14,18,24H,3,15-16H2,1-2H3,(H,29,34)(H,30,31)(H,32,33). The highest BCUT2D eigenvalue weighted by Crippen LogP contribution is 2.44. The van der Waals surface area contributed by atoms with E-state index in [1.807, 2.05) is 31.2 Å². The first kappa shape index (κ1) is 24.0. The molecule has 0 saturated heterocycles. The van der Waals surface area contributed by atoms with Crippen molar-refractivity contribution in [2.24, 2.45) is 5.92 Å². The number of ether oxygens (including phenoxy) is 1. The molecule has 1 aliphatic carbocycles. The maximum Gasteiger partial charge on any atom is 0.407 e. The summed E-state index contributed by atoms with van der Waals surface area (Å²) >= 11 is 0. The largest absolute Gasteiger partial charge is 0.478 e. The number of rotatable bonds is 8. The fraction of sp³-hybridized carbons (Fsp3) is 0.250. The number of carbonyl (C=O) groups excluding carboxylic acids is 2. The summed E-state index contributed by atoms with van der Waals surface area (Å²) in [5.41, 5.74) is 5.94. The van der Waals surface area contributed by atoms with Gasteiger partial charge in [-0.2, -0.15) is 0 Å². The van der Waals surface area contributed by atoms with Crippen molar-refractivity contribution in [2.45, 2.75) is 26.2 Å². The Morgan fingerprint density at radius 3 is 2.17 bits per heavy atom. The molecule has 0 radical (unpaired) electrons. The predicted molar refractivity (Wildman–Crippen MR) is 134 cm³/mol. The number of carboxylic acids is 1. The molecule has 7 heteroatoms. The molecule has 0 bridgehead atoms. The third-order valence-corrected chi connectivity index (χ3v) is 6.43. The molecule has 0 spiro atoms. The van der Waals surface area contributed by atoms with E-state index < -0.39 is 18.0 Å². The van der Waals surface area contributed by atoms with Gasteiger partial charge in [-0.1, -0.05) is 55.5 Å². The molecule has 35 heavy (non-hydrogen) atoms. The Labute approximate surface area is 204 Å². The SMILES string of the molecule is CCC(CNC(=O)OCC1c2ccccc2-c2ccccc21)C(=O)Nc1ccc(C(=O)O)cc1C. The van der Waals surface area contributed by atoms with Crippen molar-refractivity contribution in [3.05, 3.63) is 89.0 Å². The molecule has 0 heterocycles. The van der Waals surface area contributed by atoms with Crippen LogP contribution >= 0.6 is 0 Å². The third-order valence-electron chi connectivity index (χ3n) is 6.43. The Morgan fingerprint density at radius 1 is 0.971 bits per heavy atom. The van der Waals surface area contributed by atoms with E-state index in [0.717, 1.165) is 22.3 Å².